The largest absolute Gasteiger partial charge is 0.487 e. The Bertz CT molecular complexity index is 906. The van der Waals surface area contributed by atoms with Crippen molar-refractivity contribution in [1.82, 2.24) is 15.0 Å². The number of anilines is 4. The van der Waals surface area contributed by atoms with Gasteiger partial charge in [-0.2, -0.15) is 15.0 Å². The van der Waals surface area contributed by atoms with E-state index in [1.165, 1.54) is 24.3 Å². The van der Waals surface area contributed by atoms with Crippen molar-refractivity contribution in [2.45, 2.75) is 12.1 Å². The highest BCUT2D eigenvalue weighted by Gasteiger charge is 2.27. The molecule has 10 heteroatoms. The molecule has 28 heavy (non-hydrogen) atoms. The maximum absolute atomic E-state index is 12.7. The summed E-state index contributed by atoms with van der Waals surface area (Å²) in [7, 11) is 1.69. The first kappa shape index (κ1) is 19.6. The van der Waals surface area contributed by atoms with Gasteiger partial charge in [-0.1, -0.05) is 30.3 Å². The smallest absolute Gasteiger partial charge is 0.420 e. The molecule has 0 aliphatic heterocycles. The number of halogens is 3. The van der Waals surface area contributed by atoms with Crippen molar-refractivity contribution in [2.24, 2.45) is 0 Å². The van der Waals surface area contributed by atoms with Gasteiger partial charge in [0.25, 0.3) is 0 Å². The first-order chi connectivity index (χ1) is 13.4. The number of rotatable bonds is 8. The Morgan fingerprint density at radius 1 is 0.929 bits per heavy atom. The average molecular weight is 407 g/mol. The summed E-state index contributed by atoms with van der Waals surface area (Å²) in [5, 5.41) is 8.99. The minimum Gasteiger partial charge on any atom is -0.420 e. The molecule has 0 radical (unpaired) electrons. The predicted octanol–water partition coefficient (Wildman–Crippen LogP) is 4.44. The number of nitrogens with zero attached hydrogens (tertiary/aromatic N) is 3. The van der Waals surface area contributed by atoms with Crippen LogP contribution in [-0.2, 0) is 6.54 Å². The van der Waals surface area contributed by atoms with Gasteiger partial charge >= 0.3 is 5.57 Å². The fourth-order valence-electron chi connectivity index (χ4n) is 2.27. The van der Waals surface area contributed by atoms with Crippen LogP contribution in [-0.4, -0.2) is 27.6 Å². The van der Waals surface area contributed by atoms with Crippen molar-refractivity contribution < 1.29 is 13.5 Å². The highest BCUT2D eigenvalue weighted by Crippen LogP contribution is 2.26. The molecule has 3 rings (SSSR count). The molecule has 0 amide bonds. The normalized spacial score (nSPS) is 11.0. The Labute approximate surface area is 165 Å². The van der Waals surface area contributed by atoms with E-state index in [4.69, 9.17) is 11.6 Å². The molecule has 0 saturated carbocycles. The van der Waals surface area contributed by atoms with Gasteiger partial charge in [0.2, 0.25) is 17.8 Å². The maximum atomic E-state index is 12.7. The maximum Gasteiger partial charge on any atom is 0.487 e. The van der Waals surface area contributed by atoms with E-state index in [1.807, 2.05) is 30.3 Å². The van der Waals surface area contributed by atoms with Crippen LogP contribution in [0, 0.1) is 0 Å². The highest BCUT2D eigenvalue weighted by atomic mass is 35.5. The summed E-state index contributed by atoms with van der Waals surface area (Å²) in [5.74, 6) is 0.968. The number of nitrogens with one attached hydrogen (secondary N) is 3. The molecule has 0 atom stereocenters. The van der Waals surface area contributed by atoms with Gasteiger partial charge in [0.05, 0.1) is 0 Å². The summed E-state index contributed by atoms with van der Waals surface area (Å²) in [6.07, 6.45) is 0. The van der Waals surface area contributed by atoms with Crippen molar-refractivity contribution in [2.75, 3.05) is 23.0 Å². The Kier molecular flexibility index (Phi) is 6.05. The SMILES string of the molecule is CNc1nc(NCc2ccccc2)nc(Nc2ccc(OC(F)(F)Cl)cc2)n1. The van der Waals surface area contributed by atoms with Gasteiger partial charge in [-0.05, 0) is 29.8 Å². The third kappa shape index (κ3) is 5.92. The molecule has 1 aromatic heterocycles. The quantitative estimate of drug-likeness (QED) is 0.477. The Hall–Kier alpha value is -3.20. The zero-order valence-electron chi connectivity index (χ0n) is 14.8. The van der Waals surface area contributed by atoms with Gasteiger partial charge in [0, 0.05) is 30.9 Å². The lowest BCUT2D eigenvalue weighted by Gasteiger charge is -2.12. The number of hydrogen-bond acceptors (Lipinski definition) is 7. The Morgan fingerprint density at radius 2 is 1.57 bits per heavy atom. The van der Waals surface area contributed by atoms with E-state index in [9.17, 15) is 8.78 Å². The van der Waals surface area contributed by atoms with Crippen LogP contribution in [0.1, 0.15) is 5.56 Å². The predicted molar refractivity (Wildman–Crippen MR) is 104 cm³/mol. The van der Waals surface area contributed by atoms with Crippen LogP contribution < -0.4 is 20.7 Å². The van der Waals surface area contributed by atoms with E-state index in [-0.39, 0.29) is 11.7 Å². The lowest BCUT2D eigenvalue weighted by molar-refractivity contribution is -0.0964. The summed E-state index contributed by atoms with van der Waals surface area (Å²) in [6, 6.07) is 15.6. The Morgan fingerprint density at radius 3 is 2.21 bits per heavy atom. The van der Waals surface area contributed by atoms with Crippen molar-refractivity contribution >= 4 is 35.1 Å². The molecule has 0 bridgehead atoms. The molecule has 146 valence electrons. The van der Waals surface area contributed by atoms with Crippen molar-refractivity contribution in [3.05, 3.63) is 60.2 Å². The molecule has 1 heterocycles. The first-order valence-corrected chi connectivity index (χ1v) is 8.63. The first-order valence-electron chi connectivity index (χ1n) is 8.26. The monoisotopic (exact) mass is 406 g/mol. The third-order valence-corrected chi connectivity index (χ3v) is 3.57. The standard InChI is InChI=1S/C18H17ClF2N6O/c1-22-15-25-16(23-11-12-5-3-2-4-6-12)27-17(26-15)24-13-7-9-14(10-8-13)28-18(19,20)21/h2-10H,11H2,1H3,(H3,22,23,24,25,26,27). The summed E-state index contributed by atoms with van der Waals surface area (Å²) < 4.78 is 29.6. The molecule has 7 nitrogen and oxygen atoms in total. The van der Waals surface area contributed by atoms with Crippen LogP contribution in [0.2, 0.25) is 0 Å². The molecule has 0 unspecified atom stereocenters. The van der Waals surface area contributed by atoms with Crippen LogP contribution >= 0.6 is 11.6 Å². The molecular weight excluding hydrogens is 390 g/mol. The molecule has 3 N–H and O–H groups in total. The number of ether oxygens (including phenoxy) is 1. The van der Waals surface area contributed by atoms with Crippen molar-refractivity contribution in [3.63, 3.8) is 0 Å². The molecule has 0 aliphatic rings. The molecule has 0 fully saturated rings. The minimum absolute atomic E-state index is 0.0673. The fraction of sp³-hybridized carbons (Fsp3) is 0.167. The molecule has 2 aromatic carbocycles. The van der Waals surface area contributed by atoms with Crippen molar-refractivity contribution in [1.29, 1.82) is 0 Å². The number of alkyl halides is 3. The zero-order chi connectivity index (χ0) is 20.0. The van der Waals surface area contributed by atoms with E-state index in [0.29, 0.717) is 24.1 Å². The molecule has 0 saturated heterocycles. The molecular formula is C18H17ClF2N6O. The van der Waals surface area contributed by atoms with E-state index >= 15 is 0 Å². The van der Waals surface area contributed by atoms with Gasteiger partial charge in [-0.25, -0.2) is 0 Å². The van der Waals surface area contributed by atoms with Gasteiger partial charge in [-0.3, -0.25) is 0 Å². The minimum atomic E-state index is -3.76. The number of benzene rings is 2. The van der Waals surface area contributed by atoms with Gasteiger partial charge in [-0.15, -0.1) is 8.78 Å². The van der Waals surface area contributed by atoms with E-state index in [2.05, 4.69) is 35.6 Å². The third-order valence-electron chi connectivity index (χ3n) is 3.50. The van der Waals surface area contributed by atoms with Crippen LogP contribution in [0.4, 0.5) is 32.3 Å². The highest BCUT2D eigenvalue weighted by molar-refractivity contribution is 6.20. The zero-order valence-corrected chi connectivity index (χ0v) is 15.5. The van der Waals surface area contributed by atoms with Crippen LogP contribution in [0.25, 0.3) is 0 Å². The van der Waals surface area contributed by atoms with E-state index < -0.39 is 5.57 Å². The lowest BCUT2D eigenvalue weighted by atomic mass is 10.2. The second kappa shape index (κ2) is 8.66. The summed E-state index contributed by atoms with van der Waals surface area (Å²) >= 11 is 4.75. The second-order valence-electron chi connectivity index (χ2n) is 5.59. The average Bonchev–Trinajstić information content (AvgIpc) is 2.67. The van der Waals surface area contributed by atoms with Crippen LogP contribution in [0.5, 0.6) is 5.75 Å². The van der Waals surface area contributed by atoms with Crippen molar-refractivity contribution in [3.8, 4) is 5.75 Å². The second-order valence-corrected chi connectivity index (χ2v) is 6.03. The fourth-order valence-corrected chi connectivity index (χ4v) is 2.36. The van der Waals surface area contributed by atoms with Crippen LogP contribution in [0.15, 0.2) is 54.6 Å². The number of hydrogen-bond donors (Lipinski definition) is 3. The van der Waals surface area contributed by atoms with E-state index in [0.717, 1.165) is 5.56 Å². The topological polar surface area (TPSA) is 84.0 Å². The van der Waals surface area contributed by atoms with Crippen LogP contribution in [0.3, 0.4) is 0 Å². The Balaban J connectivity index is 1.70. The number of aromatic nitrogens is 3. The van der Waals surface area contributed by atoms with E-state index in [1.54, 1.807) is 7.05 Å². The summed E-state index contributed by atoms with van der Waals surface area (Å²) in [5.41, 5.74) is -2.10. The van der Waals surface area contributed by atoms with Gasteiger partial charge in [0.1, 0.15) is 5.75 Å². The lowest BCUT2D eigenvalue weighted by Crippen LogP contribution is -2.15. The molecule has 0 aliphatic carbocycles. The molecule has 0 spiro atoms. The van der Waals surface area contributed by atoms with Gasteiger partial charge in [0.15, 0.2) is 0 Å². The molecule has 3 aromatic rings. The summed E-state index contributed by atoms with van der Waals surface area (Å²) in [6.45, 7) is 0.548. The van der Waals surface area contributed by atoms with Gasteiger partial charge < -0.3 is 20.7 Å². The summed E-state index contributed by atoms with van der Waals surface area (Å²) in [4.78, 5) is 12.8.